The summed E-state index contributed by atoms with van der Waals surface area (Å²) in [4.78, 5) is 4.29. The molecule has 1 N–H and O–H groups in total. The van der Waals surface area contributed by atoms with Gasteiger partial charge in [0.2, 0.25) is 0 Å². The molecule has 1 aromatic carbocycles. The topological polar surface area (TPSA) is 45.0 Å². The summed E-state index contributed by atoms with van der Waals surface area (Å²) < 4.78 is 0. The highest BCUT2D eigenvalue weighted by molar-refractivity contribution is 6.38. The zero-order valence-corrected chi connectivity index (χ0v) is 9.31. The number of oxime groups is 1. The Morgan fingerprint density at radius 1 is 1.20 bits per heavy atom. The van der Waals surface area contributed by atoms with Crippen molar-refractivity contribution in [2.45, 2.75) is 26.3 Å². The standard InChI is InChI=1S/C12H16N2O/c1-12(2,3)13-9-11(14-15)10-7-5-4-6-8-10/h4-9,15H,1-3H3. The van der Waals surface area contributed by atoms with Gasteiger partial charge in [-0.15, -0.1) is 0 Å². The Labute approximate surface area is 90.2 Å². The second-order valence-electron chi connectivity index (χ2n) is 4.28. The number of aliphatic imine (C=N–C) groups is 1. The summed E-state index contributed by atoms with van der Waals surface area (Å²) in [5.74, 6) is 0. The maximum Gasteiger partial charge on any atom is 0.127 e. The average Bonchev–Trinajstić information content (AvgIpc) is 2.19. The highest BCUT2D eigenvalue weighted by atomic mass is 16.4. The fourth-order valence-electron chi connectivity index (χ4n) is 1.02. The van der Waals surface area contributed by atoms with Crippen LogP contribution in [0.25, 0.3) is 0 Å². The van der Waals surface area contributed by atoms with Crippen molar-refractivity contribution in [1.29, 1.82) is 0 Å². The fraction of sp³-hybridized carbons (Fsp3) is 0.333. The minimum absolute atomic E-state index is 0.162. The van der Waals surface area contributed by atoms with Crippen LogP contribution in [0.4, 0.5) is 0 Å². The molecule has 3 nitrogen and oxygen atoms in total. The van der Waals surface area contributed by atoms with Gasteiger partial charge < -0.3 is 5.21 Å². The van der Waals surface area contributed by atoms with Gasteiger partial charge >= 0.3 is 0 Å². The van der Waals surface area contributed by atoms with Crippen molar-refractivity contribution in [3.63, 3.8) is 0 Å². The van der Waals surface area contributed by atoms with Gasteiger partial charge in [-0.05, 0) is 20.8 Å². The Morgan fingerprint density at radius 2 is 1.80 bits per heavy atom. The van der Waals surface area contributed by atoms with Gasteiger partial charge in [0.15, 0.2) is 0 Å². The van der Waals surface area contributed by atoms with E-state index in [1.807, 2.05) is 51.1 Å². The Balaban J connectivity index is 2.89. The lowest BCUT2D eigenvalue weighted by molar-refractivity contribution is 0.320. The van der Waals surface area contributed by atoms with Gasteiger partial charge in [0, 0.05) is 5.56 Å². The second-order valence-corrected chi connectivity index (χ2v) is 4.28. The molecule has 0 aromatic heterocycles. The molecule has 0 aliphatic heterocycles. The summed E-state index contributed by atoms with van der Waals surface area (Å²) in [5, 5.41) is 12.1. The van der Waals surface area contributed by atoms with Crippen LogP contribution in [0, 0.1) is 0 Å². The third-order valence-corrected chi connectivity index (χ3v) is 1.75. The first-order valence-electron chi connectivity index (χ1n) is 4.85. The normalized spacial score (nSPS) is 13.4. The van der Waals surface area contributed by atoms with E-state index in [1.165, 1.54) is 0 Å². The summed E-state index contributed by atoms with van der Waals surface area (Å²) in [5.41, 5.74) is 1.17. The average molecular weight is 204 g/mol. The fourth-order valence-corrected chi connectivity index (χ4v) is 1.02. The maximum absolute atomic E-state index is 8.87. The summed E-state index contributed by atoms with van der Waals surface area (Å²) in [7, 11) is 0. The molecule has 0 radical (unpaired) electrons. The van der Waals surface area contributed by atoms with Gasteiger partial charge in [-0.3, -0.25) is 4.99 Å². The summed E-state index contributed by atoms with van der Waals surface area (Å²) in [6, 6.07) is 9.46. The zero-order valence-electron chi connectivity index (χ0n) is 9.31. The molecule has 0 saturated heterocycles. The van der Waals surface area contributed by atoms with E-state index >= 15 is 0 Å². The van der Waals surface area contributed by atoms with Crippen molar-refractivity contribution in [3.8, 4) is 0 Å². The number of hydrogen-bond acceptors (Lipinski definition) is 3. The Bertz CT molecular complexity index is 361. The van der Waals surface area contributed by atoms with Crippen LogP contribution in [0.5, 0.6) is 0 Å². The molecule has 0 aliphatic carbocycles. The summed E-state index contributed by atoms with van der Waals surface area (Å²) in [6.07, 6.45) is 1.59. The predicted molar refractivity (Wildman–Crippen MR) is 63.0 cm³/mol. The van der Waals surface area contributed by atoms with Crippen LogP contribution in [0.3, 0.4) is 0 Å². The second kappa shape index (κ2) is 4.73. The maximum atomic E-state index is 8.87. The van der Waals surface area contributed by atoms with Gasteiger partial charge in [0.05, 0.1) is 11.8 Å². The smallest absolute Gasteiger partial charge is 0.127 e. The largest absolute Gasteiger partial charge is 0.410 e. The van der Waals surface area contributed by atoms with Gasteiger partial charge in [-0.2, -0.15) is 0 Å². The van der Waals surface area contributed by atoms with Crippen LogP contribution in [0.1, 0.15) is 26.3 Å². The molecule has 1 aromatic rings. The van der Waals surface area contributed by atoms with Crippen molar-refractivity contribution in [2.75, 3.05) is 0 Å². The van der Waals surface area contributed by atoms with E-state index in [0.717, 1.165) is 5.56 Å². The molecule has 0 spiro atoms. The molecular weight excluding hydrogens is 188 g/mol. The molecule has 0 unspecified atom stereocenters. The third kappa shape index (κ3) is 3.94. The Kier molecular flexibility index (Phi) is 3.61. The van der Waals surface area contributed by atoms with Crippen molar-refractivity contribution >= 4 is 11.9 Å². The lowest BCUT2D eigenvalue weighted by atomic mass is 10.1. The summed E-state index contributed by atoms with van der Waals surface area (Å²) in [6.45, 7) is 5.97. The molecule has 0 heterocycles. The van der Waals surface area contributed by atoms with Crippen molar-refractivity contribution in [2.24, 2.45) is 10.1 Å². The van der Waals surface area contributed by atoms with Crippen molar-refractivity contribution < 1.29 is 5.21 Å². The van der Waals surface area contributed by atoms with Gasteiger partial charge in [0.1, 0.15) is 5.71 Å². The Morgan fingerprint density at radius 3 is 2.27 bits per heavy atom. The number of benzene rings is 1. The first-order valence-corrected chi connectivity index (χ1v) is 4.85. The SMILES string of the molecule is CC(C)(C)N=CC(=NO)c1ccccc1. The number of nitrogens with zero attached hydrogens (tertiary/aromatic N) is 2. The van der Waals surface area contributed by atoms with Gasteiger partial charge in [-0.1, -0.05) is 35.5 Å². The molecule has 1 rings (SSSR count). The Hall–Kier alpha value is -1.64. The highest BCUT2D eigenvalue weighted by Crippen LogP contribution is 2.06. The van der Waals surface area contributed by atoms with Crippen LogP contribution >= 0.6 is 0 Å². The monoisotopic (exact) mass is 204 g/mol. The summed E-state index contributed by atoms with van der Waals surface area (Å²) >= 11 is 0. The highest BCUT2D eigenvalue weighted by Gasteiger charge is 2.07. The molecule has 0 atom stereocenters. The first kappa shape index (κ1) is 11.4. The zero-order chi connectivity index (χ0) is 11.3. The van der Waals surface area contributed by atoms with Crippen LogP contribution in [0.15, 0.2) is 40.5 Å². The molecule has 0 fully saturated rings. The predicted octanol–water partition coefficient (Wildman–Crippen LogP) is 2.73. The van der Waals surface area contributed by atoms with E-state index in [4.69, 9.17) is 5.21 Å². The van der Waals surface area contributed by atoms with Gasteiger partial charge in [-0.25, -0.2) is 0 Å². The minimum atomic E-state index is -0.162. The molecular formula is C12H16N2O. The van der Waals surface area contributed by atoms with Crippen LogP contribution in [-0.2, 0) is 0 Å². The molecule has 0 aliphatic rings. The molecule has 0 bridgehead atoms. The molecule has 0 saturated carbocycles. The van der Waals surface area contributed by atoms with E-state index in [0.29, 0.717) is 5.71 Å². The molecule has 80 valence electrons. The van der Waals surface area contributed by atoms with Crippen LogP contribution < -0.4 is 0 Å². The van der Waals surface area contributed by atoms with E-state index in [-0.39, 0.29) is 5.54 Å². The molecule has 3 heteroatoms. The van der Waals surface area contributed by atoms with E-state index in [9.17, 15) is 0 Å². The van der Waals surface area contributed by atoms with Gasteiger partial charge in [0.25, 0.3) is 0 Å². The first-order chi connectivity index (χ1) is 7.03. The molecule has 15 heavy (non-hydrogen) atoms. The quantitative estimate of drug-likeness (QED) is 0.449. The van der Waals surface area contributed by atoms with E-state index < -0.39 is 0 Å². The minimum Gasteiger partial charge on any atom is -0.410 e. The van der Waals surface area contributed by atoms with Crippen LogP contribution in [-0.4, -0.2) is 22.7 Å². The van der Waals surface area contributed by atoms with Crippen molar-refractivity contribution in [1.82, 2.24) is 0 Å². The van der Waals surface area contributed by atoms with E-state index in [1.54, 1.807) is 6.21 Å². The van der Waals surface area contributed by atoms with Crippen LogP contribution in [0.2, 0.25) is 0 Å². The third-order valence-electron chi connectivity index (χ3n) is 1.75. The lowest BCUT2D eigenvalue weighted by Crippen LogP contribution is -2.13. The lowest BCUT2D eigenvalue weighted by Gasteiger charge is -2.10. The number of hydrogen-bond donors (Lipinski definition) is 1. The number of rotatable bonds is 2. The molecule has 0 amide bonds. The van der Waals surface area contributed by atoms with E-state index in [2.05, 4.69) is 10.1 Å². The van der Waals surface area contributed by atoms with Crippen molar-refractivity contribution in [3.05, 3.63) is 35.9 Å².